The third-order valence-electron chi connectivity index (χ3n) is 2.59. The first-order valence-corrected chi connectivity index (χ1v) is 5.70. The van der Waals surface area contributed by atoms with Crippen LogP contribution in [-0.4, -0.2) is 10.9 Å². The summed E-state index contributed by atoms with van der Waals surface area (Å²) in [5.41, 5.74) is 8.78. The molecular weight excluding hydrogens is 226 g/mol. The molecule has 4 nitrogen and oxygen atoms in total. The van der Waals surface area contributed by atoms with E-state index in [1.165, 1.54) is 0 Å². The van der Waals surface area contributed by atoms with Crippen molar-refractivity contribution in [1.29, 1.82) is 0 Å². The highest BCUT2D eigenvalue weighted by Crippen LogP contribution is 2.06. The van der Waals surface area contributed by atoms with Crippen LogP contribution >= 0.6 is 0 Å². The summed E-state index contributed by atoms with van der Waals surface area (Å²) < 4.78 is 0. The van der Waals surface area contributed by atoms with E-state index >= 15 is 0 Å². The van der Waals surface area contributed by atoms with Crippen LogP contribution in [-0.2, 0) is 6.54 Å². The molecule has 1 aromatic carbocycles. The largest absolute Gasteiger partial charge is 0.399 e. The minimum atomic E-state index is -0.0997. The number of nitrogen functional groups attached to an aromatic ring is 1. The Kier molecular flexibility index (Phi) is 3.57. The van der Waals surface area contributed by atoms with Gasteiger partial charge in [0, 0.05) is 29.7 Å². The minimum absolute atomic E-state index is 0.0997. The molecule has 2 aromatic rings. The lowest BCUT2D eigenvalue weighted by atomic mass is 10.2. The summed E-state index contributed by atoms with van der Waals surface area (Å²) in [6.07, 6.45) is 1.63. The Morgan fingerprint density at radius 1 is 1.28 bits per heavy atom. The molecule has 2 rings (SSSR count). The highest BCUT2D eigenvalue weighted by Gasteiger charge is 2.05. The van der Waals surface area contributed by atoms with E-state index in [0.717, 1.165) is 16.9 Å². The van der Waals surface area contributed by atoms with Crippen LogP contribution in [0, 0.1) is 6.92 Å². The molecule has 0 aliphatic rings. The fourth-order valence-electron chi connectivity index (χ4n) is 1.61. The Morgan fingerprint density at radius 2 is 2.00 bits per heavy atom. The number of carbonyl (C=O) groups is 1. The third kappa shape index (κ3) is 3.07. The van der Waals surface area contributed by atoms with Gasteiger partial charge in [-0.2, -0.15) is 0 Å². The number of carbonyl (C=O) groups excluding carboxylic acids is 1. The molecule has 1 heterocycles. The molecule has 1 amide bonds. The van der Waals surface area contributed by atoms with E-state index < -0.39 is 0 Å². The first kappa shape index (κ1) is 12.1. The molecule has 3 N–H and O–H groups in total. The van der Waals surface area contributed by atoms with Crippen molar-refractivity contribution < 1.29 is 4.79 Å². The summed E-state index contributed by atoms with van der Waals surface area (Å²) in [4.78, 5) is 15.9. The number of aryl methyl sites for hydroxylation is 1. The van der Waals surface area contributed by atoms with Crippen LogP contribution in [0.5, 0.6) is 0 Å². The molecule has 0 bridgehead atoms. The second-order valence-electron chi connectivity index (χ2n) is 4.11. The molecule has 4 heteroatoms. The van der Waals surface area contributed by atoms with E-state index in [0.29, 0.717) is 12.1 Å². The van der Waals surface area contributed by atoms with Gasteiger partial charge < -0.3 is 11.1 Å². The highest BCUT2D eigenvalue weighted by molar-refractivity contribution is 5.94. The third-order valence-corrected chi connectivity index (χ3v) is 2.59. The molecule has 0 radical (unpaired) electrons. The van der Waals surface area contributed by atoms with Gasteiger partial charge in [0.15, 0.2) is 0 Å². The molecule has 0 aliphatic carbocycles. The molecule has 1 aromatic heterocycles. The maximum Gasteiger partial charge on any atom is 0.251 e. The molecule has 0 unspecified atom stereocenters. The number of hydrogen-bond acceptors (Lipinski definition) is 3. The van der Waals surface area contributed by atoms with Crippen molar-refractivity contribution in [2.45, 2.75) is 13.5 Å². The predicted octanol–water partition coefficient (Wildman–Crippen LogP) is 1.90. The fourth-order valence-corrected chi connectivity index (χ4v) is 1.61. The summed E-state index contributed by atoms with van der Waals surface area (Å²) in [6.45, 7) is 2.34. The van der Waals surface area contributed by atoms with E-state index in [4.69, 9.17) is 5.73 Å². The normalized spacial score (nSPS) is 10.1. The van der Waals surface area contributed by atoms with Gasteiger partial charge in [0.05, 0.1) is 0 Å². The van der Waals surface area contributed by atoms with Crippen LogP contribution < -0.4 is 11.1 Å². The van der Waals surface area contributed by atoms with Crippen molar-refractivity contribution in [3.8, 4) is 0 Å². The predicted molar refractivity (Wildman–Crippen MR) is 71.0 cm³/mol. The van der Waals surface area contributed by atoms with Gasteiger partial charge >= 0.3 is 0 Å². The minimum Gasteiger partial charge on any atom is -0.399 e. The Morgan fingerprint density at radius 3 is 2.67 bits per heavy atom. The second kappa shape index (κ2) is 5.31. The van der Waals surface area contributed by atoms with Crippen LogP contribution in [0.15, 0.2) is 42.6 Å². The lowest BCUT2D eigenvalue weighted by molar-refractivity contribution is 0.0950. The van der Waals surface area contributed by atoms with Gasteiger partial charge in [0.2, 0.25) is 0 Å². The second-order valence-corrected chi connectivity index (χ2v) is 4.11. The van der Waals surface area contributed by atoms with Gasteiger partial charge in [0.25, 0.3) is 5.91 Å². The number of rotatable bonds is 3. The number of hydrogen-bond donors (Lipinski definition) is 2. The quantitative estimate of drug-likeness (QED) is 0.806. The average molecular weight is 241 g/mol. The van der Waals surface area contributed by atoms with Crippen LogP contribution in [0.4, 0.5) is 5.69 Å². The number of benzene rings is 1. The molecule has 92 valence electrons. The zero-order valence-corrected chi connectivity index (χ0v) is 10.2. The molecule has 0 atom stereocenters. The van der Waals surface area contributed by atoms with Crippen molar-refractivity contribution in [2.24, 2.45) is 0 Å². The summed E-state index contributed by atoms with van der Waals surface area (Å²) in [5.74, 6) is -0.0997. The lowest BCUT2D eigenvalue weighted by Crippen LogP contribution is -2.22. The van der Waals surface area contributed by atoms with Crippen molar-refractivity contribution in [2.75, 3.05) is 5.73 Å². The van der Waals surface area contributed by atoms with Crippen molar-refractivity contribution in [1.82, 2.24) is 10.3 Å². The Bertz CT molecular complexity index is 549. The van der Waals surface area contributed by atoms with Gasteiger partial charge in [-0.1, -0.05) is 12.1 Å². The maximum absolute atomic E-state index is 11.9. The molecule has 0 aliphatic heterocycles. The zero-order chi connectivity index (χ0) is 13.0. The fraction of sp³-hybridized carbons (Fsp3) is 0.143. The van der Waals surface area contributed by atoms with Gasteiger partial charge in [0.1, 0.15) is 0 Å². The smallest absolute Gasteiger partial charge is 0.251 e. The summed E-state index contributed by atoms with van der Waals surface area (Å²) in [6, 6.07) is 10.9. The monoisotopic (exact) mass is 241 g/mol. The molecule has 0 saturated carbocycles. The van der Waals surface area contributed by atoms with E-state index in [-0.39, 0.29) is 5.91 Å². The first-order chi connectivity index (χ1) is 8.65. The average Bonchev–Trinajstić information content (AvgIpc) is 2.38. The molecule has 18 heavy (non-hydrogen) atoms. The zero-order valence-electron chi connectivity index (χ0n) is 10.2. The van der Waals surface area contributed by atoms with Gasteiger partial charge in [-0.05, 0) is 36.8 Å². The Balaban J connectivity index is 1.98. The lowest BCUT2D eigenvalue weighted by Gasteiger charge is -2.06. The van der Waals surface area contributed by atoms with E-state index in [2.05, 4.69) is 10.3 Å². The van der Waals surface area contributed by atoms with Crippen molar-refractivity contribution in [3.05, 3.63) is 59.4 Å². The molecule has 0 spiro atoms. The molecule has 0 fully saturated rings. The summed E-state index contributed by atoms with van der Waals surface area (Å²) >= 11 is 0. The van der Waals surface area contributed by atoms with Crippen LogP contribution in [0.1, 0.15) is 21.6 Å². The van der Waals surface area contributed by atoms with E-state index in [1.54, 1.807) is 18.3 Å². The summed E-state index contributed by atoms with van der Waals surface area (Å²) in [7, 11) is 0. The van der Waals surface area contributed by atoms with Gasteiger partial charge in [-0.15, -0.1) is 0 Å². The number of amides is 1. The van der Waals surface area contributed by atoms with E-state index in [9.17, 15) is 4.79 Å². The van der Waals surface area contributed by atoms with Crippen LogP contribution in [0.25, 0.3) is 0 Å². The van der Waals surface area contributed by atoms with E-state index in [1.807, 2.05) is 31.2 Å². The number of aromatic nitrogens is 1. The topological polar surface area (TPSA) is 68.0 Å². The Labute approximate surface area is 106 Å². The summed E-state index contributed by atoms with van der Waals surface area (Å²) in [5, 5.41) is 2.85. The van der Waals surface area contributed by atoms with Gasteiger partial charge in [-0.3, -0.25) is 9.78 Å². The van der Waals surface area contributed by atoms with Crippen LogP contribution in [0.3, 0.4) is 0 Å². The van der Waals surface area contributed by atoms with Crippen molar-refractivity contribution >= 4 is 11.6 Å². The highest BCUT2D eigenvalue weighted by atomic mass is 16.1. The standard InChI is InChI=1S/C14H15N3O/c1-10-8-12(6-7-16-10)14(18)17-9-11-2-4-13(15)5-3-11/h2-8H,9,15H2,1H3,(H,17,18). The SMILES string of the molecule is Cc1cc(C(=O)NCc2ccc(N)cc2)ccn1. The number of nitrogens with one attached hydrogen (secondary N) is 1. The van der Waals surface area contributed by atoms with Crippen LogP contribution in [0.2, 0.25) is 0 Å². The molecular formula is C14H15N3O. The molecule has 0 saturated heterocycles. The number of pyridine rings is 1. The number of nitrogens with zero attached hydrogens (tertiary/aromatic N) is 1. The first-order valence-electron chi connectivity index (χ1n) is 5.70. The van der Waals surface area contributed by atoms with Crippen molar-refractivity contribution in [3.63, 3.8) is 0 Å². The number of anilines is 1. The Hall–Kier alpha value is -2.36. The maximum atomic E-state index is 11.9. The van der Waals surface area contributed by atoms with Gasteiger partial charge in [-0.25, -0.2) is 0 Å². The number of nitrogens with two attached hydrogens (primary N) is 1.